The molecule has 4 rings (SSSR count). The molecule has 8 heteroatoms. The van der Waals surface area contributed by atoms with Crippen molar-refractivity contribution in [3.8, 4) is 11.5 Å². The summed E-state index contributed by atoms with van der Waals surface area (Å²) in [5.41, 5.74) is 1.23. The molecule has 1 atom stereocenters. The van der Waals surface area contributed by atoms with E-state index in [0.29, 0.717) is 43.2 Å². The summed E-state index contributed by atoms with van der Waals surface area (Å²) in [6, 6.07) is 13.3. The van der Waals surface area contributed by atoms with Crippen molar-refractivity contribution in [2.24, 2.45) is 0 Å². The van der Waals surface area contributed by atoms with E-state index in [4.69, 9.17) is 14.2 Å². The fourth-order valence-electron chi connectivity index (χ4n) is 4.46. The number of aliphatic hydroxyl groups excluding tert-OH is 1. The van der Waals surface area contributed by atoms with Crippen molar-refractivity contribution >= 4 is 17.4 Å². The van der Waals surface area contributed by atoms with Crippen molar-refractivity contribution in [1.82, 2.24) is 9.80 Å². The van der Waals surface area contributed by atoms with Crippen LogP contribution < -0.4 is 9.47 Å². The Balaban J connectivity index is 1.68. The second-order valence-corrected chi connectivity index (χ2v) is 8.31. The van der Waals surface area contributed by atoms with Crippen LogP contribution in [0.2, 0.25) is 0 Å². The van der Waals surface area contributed by atoms with Crippen LogP contribution in [0.3, 0.4) is 0 Å². The first kappa shape index (κ1) is 23.8. The van der Waals surface area contributed by atoms with Crippen molar-refractivity contribution in [3.05, 3.63) is 65.2 Å². The smallest absolute Gasteiger partial charge is 0.295 e. The number of amides is 1. The van der Waals surface area contributed by atoms with Gasteiger partial charge in [0.25, 0.3) is 11.7 Å². The number of Topliss-reactive ketones (excluding diaryl/α,β-unsaturated/α-hetero) is 1. The van der Waals surface area contributed by atoms with Crippen LogP contribution in [-0.4, -0.2) is 80.2 Å². The molecule has 1 N–H and O–H groups in total. The van der Waals surface area contributed by atoms with Crippen molar-refractivity contribution in [2.75, 3.05) is 53.6 Å². The molecule has 2 heterocycles. The molecule has 2 aromatic carbocycles. The summed E-state index contributed by atoms with van der Waals surface area (Å²) in [7, 11) is 3.11. The highest BCUT2D eigenvalue weighted by Crippen LogP contribution is 2.40. The number of carbonyl (C=O) groups excluding carboxylic acids is 2. The highest BCUT2D eigenvalue weighted by Gasteiger charge is 2.45. The highest BCUT2D eigenvalue weighted by molar-refractivity contribution is 6.46. The normalized spacial score (nSPS) is 20.5. The molecular weight excluding hydrogens is 436 g/mol. The maximum Gasteiger partial charge on any atom is 0.295 e. The maximum absolute atomic E-state index is 13.2. The van der Waals surface area contributed by atoms with Gasteiger partial charge in [0.15, 0.2) is 0 Å². The molecule has 2 aliphatic heterocycles. The van der Waals surface area contributed by atoms with Crippen LogP contribution in [0, 0.1) is 0 Å². The minimum atomic E-state index is -0.693. The molecule has 2 aliphatic rings. The number of morpholine rings is 1. The van der Waals surface area contributed by atoms with Gasteiger partial charge < -0.3 is 24.2 Å². The number of methoxy groups -OCH3 is 2. The highest BCUT2D eigenvalue weighted by atomic mass is 16.5. The average Bonchev–Trinajstić information content (AvgIpc) is 3.14. The lowest BCUT2D eigenvalue weighted by atomic mass is 9.95. The zero-order chi connectivity index (χ0) is 24.1. The summed E-state index contributed by atoms with van der Waals surface area (Å²) in [4.78, 5) is 30.1. The van der Waals surface area contributed by atoms with E-state index in [1.54, 1.807) is 48.4 Å². The van der Waals surface area contributed by atoms with Crippen LogP contribution in [0.1, 0.15) is 23.6 Å². The number of ketones is 1. The van der Waals surface area contributed by atoms with Gasteiger partial charge in [-0.15, -0.1) is 0 Å². The van der Waals surface area contributed by atoms with Gasteiger partial charge in [-0.3, -0.25) is 14.5 Å². The summed E-state index contributed by atoms with van der Waals surface area (Å²) in [6.45, 7) is 4.33. The monoisotopic (exact) mass is 466 g/mol. The number of carbonyl (C=O) groups is 2. The molecule has 180 valence electrons. The molecule has 0 spiro atoms. The van der Waals surface area contributed by atoms with E-state index in [2.05, 4.69) is 4.90 Å². The molecular formula is C26H30N2O6. The van der Waals surface area contributed by atoms with Gasteiger partial charge in [-0.25, -0.2) is 0 Å². The molecule has 0 unspecified atom stereocenters. The summed E-state index contributed by atoms with van der Waals surface area (Å²) in [5.74, 6) is -0.292. The summed E-state index contributed by atoms with van der Waals surface area (Å²) in [5, 5.41) is 11.2. The number of hydrogen-bond acceptors (Lipinski definition) is 7. The molecule has 2 saturated heterocycles. The largest absolute Gasteiger partial charge is 0.507 e. The van der Waals surface area contributed by atoms with E-state index in [1.165, 1.54) is 7.11 Å². The molecule has 1 amide bonds. The van der Waals surface area contributed by atoms with Gasteiger partial charge in [0, 0.05) is 31.7 Å². The van der Waals surface area contributed by atoms with E-state index in [1.807, 2.05) is 12.1 Å². The third kappa shape index (κ3) is 4.93. The van der Waals surface area contributed by atoms with E-state index >= 15 is 0 Å². The Morgan fingerprint density at radius 2 is 1.71 bits per heavy atom. The lowest BCUT2D eigenvalue weighted by molar-refractivity contribution is -0.140. The Morgan fingerprint density at radius 1 is 1.00 bits per heavy atom. The number of nitrogens with zero attached hydrogens (tertiary/aromatic N) is 2. The van der Waals surface area contributed by atoms with Gasteiger partial charge in [0.1, 0.15) is 17.3 Å². The third-order valence-electron chi connectivity index (χ3n) is 6.29. The SMILES string of the molecule is COc1ccc([C@H]2/C(=C(\O)c3cccc(OC)c3)C(=O)C(=O)N2CCCN2CCOCC2)cc1. The number of hydrogen-bond donors (Lipinski definition) is 1. The zero-order valence-electron chi connectivity index (χ0n) is 19.5. The number of aliphatic hydroxyl groups is 1. The predicted octanol–water partition coefficient (Wildman–Crippen LogP) is 2.85. The first-order chi connectivity index (χ1) is 16.5. The fourth-order valence-corrected chi connectivity index (χ4v) is 4.46. The lowest BCUT2D eigenvalue weighted by Crippen LogP contribution is -2.38. The van der Waals surface area contributed by atoms with E-state index in [-0.39, 0.29) is 11.3 Å². The van der Waals surface area contributed by atoms with Crippen molar-refractivity contribution in [3.63, 3.8) is 0 Å². The van der Waals surface area contributed by atoms with Crippen LogP contribution in [0.4, 0.5) is 0 Å². The van der Waals surface area contributed by atoms with Gasteiger partial charge in [-0.05, 0) is 36.2 Å². The predicted molar refractivity (Wildman–Crippen MR) is 127 cm³/mol. The quantitative estimate of drug-likeness (QED) is 0.364. The Morgan fingerprint density at radius 3 is 2.38 bits per heavy atom. The van der Waals surface area contributed by atoms with Crippen LogP contribution in [-0.2, 0) is 14.3 Å². The second-order valence-electron chi connectivity index (χ2n) is 8.31. The van der Waals surface area contributed by atoms with Crippen molar-refractivity contribution in [2.45, 2.75) is 12.5 Å². The van der Waals surface area contributed by atoms with Gasteiger partial charge in [0.05, 0.1) is 39.0 Å². The molecule has 34 heavy (non-hydrogen) atoms. The minimum absolute atomic E-state index is 0.0785. The number of ether oxygens (including phenoxy) is 3. The summed E-state index contributed by atoms with van der Waals surface area (Å²) in [6.07, 6.45) is 0.707. The standard InChI is InChI=1S/C26H30N2O6/c1-32-20-9-7-18(8-10-20)23-22(24(29)19-5-3-6-21(17-19)33-2)25(30)26(31)28(23)12-4-11-27-13-15-34-16-14-27/h3,5-10,17,23,29H,4,11-16H2,1-2H3/b24-22+/t23-/m0/s1. The summed E-state index contributed by atoms with van der Waals surface area (Å²) >= 11 is 0. The Kier molecular flexibility index (Phi) is 7.49. The molecule has 0 saturated carbocycles. The van der Waals surface area contributed by atoms with E-state index in [0.717, 1.165) is 25.2 Å². The first-order valence-corrected chi connectivity index (χ1v) is 11.4. The number of likely N-dealkylation sites (tertiary alicyclic amines) is 1. The summed E-state index contributed by atoms with van der Waals surface area (Å²) < 4.78 is 15.9. The molecule has 8 nitrogen and oxygen atoms in total. The molecule has 0 aliphatic carbocycles. The fraction of sp³-hybridized carbons (Fsp3) is 0.385. The van der Waals surface area contributed by atoms with E-state index < -0.39 is 17.7 Å². The van der Waals surface area contributed by atoms with Crippen molar-refractivity contribution < 1.29 is 28.9 Å². The molecule has 2 aromatic rings. The van der Waals surface area contributed by atoms with Gasteiger partial charge in [0.2, 0.25) is 0 Å². The van der Waals surface area contributed by atoms with Gasteiger partial charge >= 0.3 is 0 Å². The number of rotatable bonds is 8. The Hall–Kier alpha value is -3.36. The number of benzene rings is 2. The topological polar surface area (TPSA) is 88.5 Å². The molecule has 2 fully saturated rings. The average molecular weight is 467 g/mol. The van der Waals surface area contributed by atoms with Crippen molar-refractivity contribution in [1.29, 1.82) is 0 Å². The maximum atomic E-state index is 13.2. The van der Waals surface area contributed by atoms with Crippen LogP contribution >= 0.6 is 0 Å². The lowest BCUT2D eigenvalue weighted by Gasteiger charge is -2.29. The Labute approximate surface area is 199 Å². The van der Waals surface area contributed by atoms with Gasteiger partial charge in [-0.2, -0.15) is 0 Å². The third-order valence-corrected chi connectivity index (χ3v) is 6.29. The van der Waals surface area contributed by atoms with Crippen LogP contribution in [0.15, 0.2) is 54.1 Å². The first-order valence-electron chi connectivity index (χ1n) is 11.4. The second kappa shape index (κ2) is 10.7. The molecule has 0 bridgehead atoms. The molecule has 0 radical (unpaired) electrons. The zero-order valence-corrected chi connectivity index (χ0v) is 19.5. The Bertz CT molecular complexity index is 1060. The van der Waals surface area contributed by atoms with Crippen LogP contribution in [0.25, 0.3) is 5.76 Å². The van der Waals surface area contributed by atoms with Crippen LogP contribution in [0.5, 0.6) is 11.5 Å². The van der Waals surface area contributed by atoms with E-state index in [9.17, 15) is 14.7 Å². The minimum Gasteiger partial charge on any atom is -0.507 e. The molecule has 0 aromatic heterocycles. The van der Waals surface area contributed by atoms with Gasteiger partial charge in [-0.1, -0.05) is 24.3 Å².